The molecule has 0 spiro atoms. The number of nitrogens with one attached hydrogen (secondary N) is 1. The molecule has 5 saturated heterocycles. The zero-order chi connectivity index (χ0) is 53.3. The predicted octanol–water partition coefficient (Wildman–Crippen LogP) is -2.04. The first-order chi connectivity index (χ1) is 33.8. The zero-order valence-corrected chi connectivity index (χ0v) is 40.9. The average molecular weight is 1050 g/mol. The van der Waals surface area contributed by atoms with Crippen LogP contribution in [0.3, 0.4) is 0 Å². The molecule has 412 valence electrons. The van der Waals surface area contributed by atoms with Crippen molar-refractivity contribution in [1.82, 2.24) is 0 Å². The number of esters is 1. The summed E-state index contributed by atoms with van der Waals surface area (Å²) in [5, 5.41) is 81.5. The van der Waals surface area contributed by atoms with Gasteiger partial charge in [-0.05, 0) is 58.9 Å². The van der Waals surface area contributed by atoms with Gasteiger partial charge in [0.05, 0.1) is 31.5 Å². The van der Waals surface area contributed by atoms with E-state index in [9.17, 15) is 58.5 Å². The molecule has 5 fully saturated rings. The quantitative estimate of drug-likeness (QED) is 0.0827. The van der Waals surface area contributed by atoms with Crippen LogP contribution in [-0.2, 0) is 75.9 Å². The third-order valence-corrected chi connectivity index (χ3v) is 13.4. The molecule has 0 saturated carbocycles. The number of carbonyl (C=O) groups is 2. The van der Waals surface area contributed by atoms with Crippen molar-refractivity contribution in [1.29, 1.82) is 0 Å². The number of rotatable bonds is 16. The van der Waals surface area contributed by atoms with Gasteiger partial charge in [-0.1, -0.05) is 0 Å². The number of anilines is 1. The standard InChI is InChI=1S/C44H66F3NO24/c1-15-21(49)24(52)31(40(65-15)67-20-13-11-19(12-14-20)48-42(57)44(45,46)47)70-38-25(53)28(22(50)16(2)64-38)68-37-26(54)29(23(51)17(3)63-37)69-41-35(61-9)43(5,34(60-8)18(4)66-41)72-39-27(55)30(58-6)32(59-7)33(71-39)36(56)62-10/h11-18,21-35,37-41,49-55H,1-10H3,(H,48,57)/t15-,16-,17-,18-,21+,22-,23-,24+,25+,26+,27+,28+,29+,30+,31+,32-,33-,34-,35-,37-,38-,39-,40-,41-,43+/m0/s1. The van der Waals surface area contributed by atoms with E-state index in [1.807, 2.05) is 0 Å². The minimum absolute atomic E-state index is 0.0479. The Labute approximate surface area is 411 Å². The molecule has 5 aliphatic rings. The summed E-state index contributed by atoms with van der Waals surface area (Å²) in [6.45, 7) is 7.35. The first-order valence-electron chi connectivity index (χ1n) is 22.9. The number of aliphatic hydroxyl groups excluding tert-OH is 7. The van der Waals surface area contributed by atoms with E-state index >= 15 is 0 Å². The number of alkyl halides is 3. The molecule has 0 unspecified atom stereocenters. The molecule has 1 amide bonds. The summed E-state index contributed by atoms with van der Waals surface area (Å²) in [6.07, 6.45) is -41.0. The molecule has 0 radical (unpaired) electrons. The van der Waals surface area contributed by atoms with E-state index in [1.54, 1.807) is 12.2 Å². The van der Waals surface area contributed by atoms with E-state index in [4.69, 9.17) is 71.1 Å². The van der Waals surface area contributed by atoms with Crippen LogP contribution in [0.15, 0.2) is 24.3 Å². The Morgan fingerprint density at radius 3 is 1.51 bits per heavy atom. The maximum Gasteiger partial charge on any atom is 0.471 e. The number of benzene rings is 1. The Hall–Kier alpha value is -3.05. The molecule has 8 N–H and O–H groups in total. The Morgan fingerprint density at radius 1 is 0.542 bits per heavy atom. The fourth-order valence-electron chi connectivity index (χ4n) is 9.47. The Kier molecular flexibility index (Phi) is 19.3. The second-order valence-electron chi connectivity index (χ2n) is 18.1. The number of halogens is 3. The van der Waals surface area contributed by atoms with E-state index < -0.39 is 171 Å². The molecular formula is C44H66F3NO24. The Morgan fingerprint density at radius 2 is 1.01 bits per heavy atom. The van der Waals surface area contributed by atoms with Crippen LogP contribution in [0, 0.1) is 0 Å². The van der Waals surface area contributed by atoms with Crippen molar-refractivity contribution in [3.63, 3.8) is 0 Å². The van der Waals surface area contributed by atoms with Crippen LogP contribution in [0.25, 0.3) is 0 Å². The van der Waals surface area contributed by atoms with Gasteiger partial charge in [0.25, 0.3) is 0 Å². The summed E-state index contributed by atoms with van der Waals surface area (Å²) in [6, 6.07) is 4.56. The van der Waals surface area contributed by atoms with Crippen LogP contribution in [0.2, 0.25) is 0 Å². The first kappa shape index (κ1) is 58.2. The highest BCUT2D eigenvalue weighted by Crippen LogP contribution is 2.42. The number of hydrogen-bond donors (Lipinski definition) is 8. The van der Waals surface area contributed by atoms with Crippen molar-refractivity contribution in [2.24, 2.45) is 0 Å². The second kappa shape index (κ2) is 23.9. The van der Waals surface area contributed by atoms with Crippen molar-refractivity contribution in [3.05, 3.63) is 24.3 Å². The lowest BCUT2D eigenvalue weighted by Gasteiger charge is -2.54. The monoisotopic (exact) mass is 1050 g/mol. The van der Waals surface area contributed by atoms with E-state index in [2.05, 4.69) is 0 Å². The summed E-state index contributed by atoms with van der Waals surface area (Å²) < 4.78 is 126. The van der Waals surface area contributed by atoms with Crippen LogP contribution in [0.1, 0.15) is 34.6 Å². The molecule has 25 atom stereocenters. The molecule has 0 aliphatic carbocycles. The van der Waals surface area contributed by atoms with Gasteiger partial charge in [0.1, 0.15) is 90.7 Å². The fraction of sp³-hybridized carbons (Fsp3) is 0.818. The minimum Gasteiger partial charge on any atom is -0.467 e. The molecule has 25 nitrogen and oxygen atoms in total. The molecule has 5 heterocycles. The van der Waals surface area contributed by atoms with Gasteiger partial charge >= 0.3 is 18.1 Å². The highest BCUT2D eigenvalue weighted by Gasteiger charge is 2.61. The lowest BCUT2D eigenvalue weighted by Crippen LogP contribution is -2.71. The Bertz CT molecular complexity index is 1930. The van der Waals surface area contributed by atoms with E-state index in [-0.39, 0.29) is 11.4 Å². The van der Waals surface area contributed by atoms with Crippen molar-refractivity contribution in [2.75, 3.05) is 40.9 Å². The van der Waals surface area contributed by atoms with E-state index in [0.29, 0.717) is 0 Å². The fourth-order valence-corrected chi connectivity index (χ4v) is 9.47. The molecule has 1 aromatic carbocycles. The predicted molar refractivity (Wildman–Crippen MR) is 229 cm³/mol. The number of amides is 1. The van der Waals surface area contributed by atoms with Gasteiger partial charge in [-0.15, -0.1) is 0 Å². The van der Waals surface area contributed by atoms with E-state index in [1.165, 1.54) is 68.3 Å². The maximum atomic E-state index is 12.9. The van der Waals surface area contributed by atoms with Crippen LogP contribution in [0.4, 0.5) is 18.9 Å². The van der Waals surface area contributed by atoms with Crippen molar-refractivity contribution in [2.45, 2.75) is 194 Å². The molecule has 0 bridgehead atoms. The highest BCUT2D eigenvalue weighted by atomic mass is 19.4. The lowest BCUT2D eigenvalue weighted by atomic mass is 9.84. The number of carbonyl (C=O) groups excluding carboxylic acids is 2. The van der Waals surface area contributed by atoms with Gasteiger partial charge in [-0.25, -0.2) is 4.79 Å². The van der Waals surface area contributed by atoms with Gasteiger partial charge < -0.3 is 112 Å². The van der Waals surface area contributed by atoms with Crippen LogP contribution >= 0.6 is 0 Å². The van der Waals surface area contributed by atoms with Crippen molar-refractivity contribution < 1.29 is 130 Å². The third kappa shape index (κ3) is 12.0. The summed E-state index contributed by atoms with van der Waals surface area (Å²) in [5.41, 5.74) is -1.92. The summed E-state index contributed by atoms with van der Waals surface area (Å²) in [7, 11) is 6.35. The summed E-state index contributed by atoms with van der Waals surface area (Å²) in [5.74, 6) is -3.11. The van der Waals surface area contributed by atoms with Gasteiger partial charge in [-0.2, -0.15) is 13.2 Å². The molecule has 28 heteroatoms. The SMILES string of the molecule is COC(=O)[C@H]1O[C@@H](O[C@@]2(C)[C@@H](OC)[C@H](O[C@@H]3[C@@H](O)[C@H](C)O[C@@H](O[C@@H]4[C@@H](O)[C@H](C)O[C@@H](O[C@H]5[C@H](Oc6ccc(NC(=O)C(F)(F)F)cc6)O[C@@H](C)[C@@H](O)[C@H]5O)[C@@H]4O)[C@@H]3O)O[C@@H](C)[C@@H]2OC)[C@H](O)[C@@H](OC)[C@@H]1OC. The summed E-state index contributed by atoms with van der Waals surface area (Å²) >= 11 is 0. The molecule has 6 rings (SSSR count). The van der Waals surface area contributed by atoms with Crippen LogP contribution in [0.5, 0.6) is 5.75 Å². The maximum absolute atomic E-state index is 12.9. The number of ether oxygens (including phenoxy) is 15. The number of aliphatic hydroxyl groups is 7. The summed E-state index contributed by atoms with van der Waals surface area (Å²) in [4.78, 5) is 24.3. The molecular weight excluding hydrogens is 983 g/mol. The normalized spacial score (nSPS) is 45.0. The minimum atomic E-state index is -5.15. The van der Waals surface area contributed by atoms with Crippen molar-refractivity contribution in [3.8, 4) is 5.75 Å². The molecule has 72 heavy (non-hydrogen) atoms. The van der Waals surface area contributed by atoms with Gasteiger partial charge in [0.15, 0.2) is 37.4 Å². The van der Waals surface area contributed by atoms with Gasteiger partial charge in [0.2, 0.25) is 6.29 Å². The number of hydrogen-bond acceptors (Lipinski definition) is 24. The molecule has 1 aromatic rings. The van der Waals surface area contributed by atoms with Crippen LogP contribution in [-0.4, -0.2) is 242 Å². The second-order valence-corrected chi connectivity index (χ2v) is 18.1. The van der Waals surface area contributed by atoms with Gasteiger partial charge in [-0.3, -0.25) is 4.79 Å². The largest absolute Gasteiger partial charge is 0.471 e. The average Bonchev–Trinajstić information content (AvgIpc) is 3.33. The third-order valence-electron chi connectivity index (χ3n) is 13.4. The lowest BCUT2D eigenvalue weighted by molar-refractivity contribution is -0.406. The van der Waals surface area contributed by atoms with E-state index in [0.717, 1.165) is 19.2 Å². The molecule has 5 aliphatic heterocycles. The zero-order valence-electron chi connectivity index (χ0n) is 40.9. The van der Waals surface area contributed by atoms with Crippen LogP contribution < -0.4 is 10.1 Å². The first-order valence-corrected chi connectivity index (χ1v) is 22.9. The number of methoxy groups -OCH3 is 5. The van der Waals surface area contributed by atoms with Crippen molar-refractivity contribution >= 4 is 17.6 Å². The smallest absolute Gasteiger partial charge is 0.467 e. The van der Waals surface area contributed by atoms with Gasteiger partial charge in [0, 0.05) is 34.1 Å². The molecule has 0 aromatic heterocycles. The Balaban J connectivity index is 1.19. The highest BCUT2D eigenvalue weighted by molar-refractivity contribution is 5.94. The topological polar surface area (TPSA) is 326 Å².